The molecule has 2 amide bonds. The second-order valence-corrected chi connectivity index (χ2v) is 6.35. The number of carbonyl (C=O) groups is 2. The van der Waals surface area contributed by atoms with Crippen molar-refractivity contribution in [1.29, 1.82) is 0 Å². The van der Waals surface area contributed by atoms with Gasteiger partial charge in [-0.3, -0.25) is 9.59 Å². The second-order valence-electron chi connectivity index (χ2n) is 6.35. The molecule has 0 saturated carbocycles. The largest absolute Gasteiger partial charge is 0.384 e. The highest BCUT2D eigenvalue weighted by atomic mass is 16.2. The van der Waals surface area contributed by atoms with E-state index in [0.29, 0.717) is 24.5 Å². The predicted molar refractivity (Wildman–Crippen MR) is 80.9 cm³/mol. The molecule has 1 aliphatic rings. The van der Waals surface area contributed by atoms with Crippen LogP contribution in [0.15, 0.2) is 12.1 Å². The smallest absolute Gasteiger partial charge is 0.254 e. The molecule has 114 valence electrons. The number of aromatic nitrogens is 1. The number of nitrogens with one attached hydrogen (secondary N) is 1. The lowest BCUT2D eigenvalue weighted by Crippen LogP contribution is -2.37. The van der Waals surface area contributed by atoms with Gasteiger partial charge in [0.1, 0.15) is 5.82 Å². The zero-order valence-electron chi connectivity index (χ0n) is 12.8. The van der Waals surface area contributed by atoms with E-state index in [0.717, 1.165) is 12.1 Å². The third kappa shape index (κ3) is 3.71. The van der Waals surface area contributed by atoms with Crippen LogP contribution in [0.1, 0.15) is 43.2 Å². The molecule has 6 heteroatoms. The van der Waals surface area contributed by atoms with Crippen LogP contribution in [0, 0.1) is 0 Å². The fraction of sp³-hybridized carbons (Fsp3) is 0.533. The summed E-state index contributed by atoms with van der Waals surface area (Å²) in [5.41, 5.74) is 6.88. The number of rotatable bonds is 1. The third-order valence-electron chi connectivity index (χ3n) is 3.41. The van der Waals surface area contributed by atoms with Gasteiger partial charge in [-0.1, -0.05) is 20.8 Å². The molecule has 0 unspecified atom stereocenters. The van der Waals surface area contributed by atoms with Gasteiger partial charge in [0.25, 0.3) is 5.91 Å². The summed E-state index contributed by atoms with van der Waals surface area (Å²) in [5, 5.41) is 2.76. The summed E-state index contributed by atoms with van der Waals surface area (Å²) in [6.07, 6.45) is 0.754. The van der Waals surface area contributed by atoms with Crippen molar-refractivity contribution in [2.45, 2.75) is 32.6 Å². The minimum Gasteiger partial charge on any atom is -0.384 e. The Labute approximate surface area is 124 Å². The van der Waals surface area contributed by atoms with Gasteiger partial charge in [0.2, 0.25) is 5.91 Å². The van der Waals surface area contributed by atoms with E-state index in [4.69, 9.17) is 5.73 Å². The molecule has 0 aromatic carbocycles. The van der Waals surface area contributed by atoms with Gasteiger partial charge in [-0.25, -0.2) is 4.98 Å². The van der Waals surface area contributed by atoms with Crippen LogP contribution in [0.4, 0.5) is 5.82 Å². The molecule has 3 N–H and O–H groups in total. The highest BCUT2D eigenvalue weighted by Gasteiger charge is 2.24. The monoisotopic (exact) mass is 290 g/mol. The Morgan fingerprint density at radius 3 is 2.76 bits per heavy atom. The highest BCUT2D eigenvalue weighted by molar-refractivity contribution is 5.97. The zero-order valence-corrected chi connectivity index (χ0v) is 12.8. The van der Waals surface area contributed by atoms with E-state index in [1.807, 2.05) is 20.8 Å². The molecule has 1 aliphatic heterocycles. The van der Waals surface area contributed by atoms with Gasteiger partial charge in [0, 0.05) is 29.8 Å². The Bertz CT molecular complexity index is 563. The average Bonchev–Trinajstić information content (AvgIpc) is 2.61. The van der Waals surface area contributed by atoms with Crippen LogP contribution in [0.5, 0.6) is 0 Å². The lowest BCUT2D eigenvalue weighted by Gasteiger charge is -2.22. The average molecular weight is 290 g/mol. The number of amides is 2. The minimum atomic E-state index is -0.194. The second kappa shape index (κ2) is 5.71. The van der Waals surface area contributed by atoms with Crippen molar-refractivity contribution >= 4 is 17.6 Å². The molecule has 1 fully saturated rings. The zero-order chi connectivity index (χ0) is 15.6. The molecule has 1 aromatic rings. The van der Waals surface area contributed by atoms with E-state index in [2.05, 4.69) is 10.3 Å². The maximum absolute atomic E-state index is 12.6. The summed E-state index contributed by atoms with van der Waals surface area (Å²) in [4.78, 5) is 30.0. The maximum atomic E-state index is 12.6. The molecular formula is C15H22N4O2. The lowest BCUT2D eigenvalue weighted by molar-refractivity contribution is -0.121. The molecule has 0 aliphatic carbocycles. The first kappa shape index (κ1) is 15.3. The van der Waals surface area contributed by atoms with Crippen molar-refractivity contribution in [3.8, 4) is 0 Å². The minimum absolute atomic E-state index is 0.0892. The van der Waals surface area contributed by atoms with Crippen LogP contribution in [-0.2, 0) is 10.2 Å². The number of pyridine rings is 1. The van der Waals surface area contributed by atoms with Gasteiger partial charge in [-0.2, -0.15) is 0 Å². The third-order valence-corrected chi connectivity index (χ3v) is 3.41. The fourth-order valence-corrected chi connectivity index (χ4v) is 2.22. The summed E-state index contributed by atoms with van der Waals surface area (Å²) in [6.45, 7) is 7.30. The quantitative estimate of drug-likeness (QED) is 0.805. The van der Waals surface area contributed by atoms with Gasteiger partial charge in [0.05, 0.1) is 6.54 Å². The molecule has 2 rings (SSSR count). The molecule has 0 bridgehead atoms. The highest BCUT2D eigenvalue weighted by Crippen LogP contribution is 2.23. The van der Waals surface area contributed by atoms with E-state index < -0.39 is 0 Å². The molecule has 0 radical (unpaired) electrons. The normalized spacial score (nSPS) is 16.3. The van der Waals surface area contributed by atoms with Crippen LogP contribution < -0.4 is 11.1 Å². The van der Waals surface area contributed by atoms with Crippen LogP contribution in [0.2, 0.25) is 0 Å². The number of nitrogen functional groups attached to an aromatic ring is 1. The number of nitrogens with zero attached hydrogens (tertiary/aromatic N) is 2. The van der Waals surface area contributed by atoms with E-state index in [9.17, 15) is 9.59 Å². The first-order chi connectivity index (χ1) is 9.77. The first-order valence-corrected chi connectivity index (χ1v) is 7.11. The predicted octanol–water partition coefficient (Wildman–Crippen LogP) is 0.923. The Balaban J connectivity index is 2.30. The summed E-state index contributed by atoms with van der Waals surface area (Å²) in [7, 11) is 0. The van der Waals surface area contributed by atoms with Crippen molar-refractivity contribution in [3.63, 3.8) is 0 Å². The molecule has 1 aromatic heterocycles. The standard InChI is InChI=1S/C15H22N4O2/c1-15(2,3)11-7-10(8-12(16)18-11)14(21)19-6-4-5-17-13(20)9-19/h7-8H,4-6,9H2,1-3H3,(H2,16,18)(H,17,20). The maximum Gasteiger partial charge on any atom is 0.254 e. The van der Waals surface area contributed by atoms with E-state index in [1.54, 1.807) is 17.0 Å². The molecule has 6 nitrogen and oxygen atoms in total. The lowest BCUT2D eigenvalue weighted by atomic mass is 9.90. The number of carbonyl (C=O) groups excluding carboxylic acids is 2. The summed E-state index contributed by atoms with van der Waals surface area (Å²) >= 11 is 0. The Morgan fingerprint density at radius 1 is 1.38 bits per heavy atom. The fourth-order valence-electron chi connectivity index (χ4n) is 2.22. The Kier molecular flexibility index (Phi) is 4.16. The van der Waals surface area contributed by atoms with E-state index >= 15 is 0 Å². The summed E-state index contributed by atoms with van der Waals surface area (Å²) in [6, 6.07) is 3.34. The summed E-state index contributed by atoms with van der Waals surface area (Å²) in [5.74, 6) is 0.0237. The van der Waals surface area contributed by atoms with Crippen molar-refractivity contribution < 1.29 is 9.59 Å². The first-order valence-electron chi connectivity index (χ1n) is 7.11. The summed E-state index contributed by atoms with van der Waals surface area (Å²) < 4.78 is 0. The number of anilines is 1. The van der Waals surface area contributed by atoms with E-state index in [1.165, 1.54) is 0 Å². The van der Waals surface area contributed by atoms with E-state index in [-0.39, 0.29) is 23.8 Å². The van der Waals surface area contributed by atoms with Gasteiger partial charge >= 0.3 is 0 Å². The van der Waals surface area contributed by atoms with Crippen LogP contribution in [-0.4, -0.2) is 41.3 Å². The van der Waals surface area contributed by atoms with Gasteiger partial charge in [0.15, 0.2) is 0 Å². The Hall–Kier alpha value is -2.11. The van der Waals surface area contributed by atoms with Crippen LogP contribution in [0.3, 0.4) is 0 Å². The van der Waals surface area contributed by atoms with Gasteiger partial charge < -0.3 is 16.0 Å². The molecule has 21 heavy (non-hydrogen) atoms. The number of nitrogens with two attached hydrogens (primary N) is 1. The topological polar surface area (TPSA) is 88.3 Å². The van der Waals surface area contributed by atoms with Crippen molar-refractivity contribution in [3.05, 3.63) is 23.4 Å². The SMILES string of the molecule is CC(C)(C)c1cc(C(=O)N2CCCNC(=O)C2)cc(N)n1. The van der Waals surface area contributed by atoms with Crippen molar-refractivity contribution in [1.82, 2.24) is 15.2 Å². The number of hydrogen-bond acceptors (Lipinski definition) is 4. The number of hydrogen-bond donors (Lipinski definition) is 2. The molecular weight excluding hydrogens is 268 g/mol. The van der Waals surface area contributed by atoms with Crippen molar-refractivity contribution in [2.75, 3.05) is 25.4 Å². The Morgan fingerprint density at radius 2 is 2.10 bits per heavy atom. The molecule has 1 saturated heterocycles. The molecule has 0 spiro atoms. The van der Waals surface area contributed by atoms with Gasteiger partial charge in [-0.15, -0.1) is 0 Å². The van der Waals surface area contributed by atoms with Crippen molar-refractivity contribution in [2.24, 2.45) is 0 Å². The van der Waals surface area contributed by atoms with Crippen LogP contribution in [0.25, 0.3) is 0 Å². The molecule has 2 heterocycles. The van der Waals surface area contributed by atoms with Crippen LogP contribution >= 0.6 is 0 Å². The van der Waals surface area contributed by atoms with Gasteiger partial charge in [-0.05, 0) is 18.6 Å². The molecule has 0 atom stereocenters.